The maximum atomic E-state index is 9.39. The van der Waals surface area contributed by atoms with Crippen LogP contribution in [0.1, 0.15) is 11.6 Å². The van der Waals surface area contributed by atoms with Crippen molar-refractivity contribution in [3.63, 3.8) is 0 Å². The van der Waals surface area contributed by atoms with E-state index < -0.39 is 6.04 Å². The monoisotopic (exact) mass is 350 g/mol. The molecule has 102 valence electrons. The van der Waals surface area contributed by atoms with Gasteiger partial charge in [0.2, 0.25) is 0 Å². The Kier molecular flexibility index (Phi) is 4.89. The van der Waals surface area contributed by atoms with Crippen molar-refractivity contribution in [2.45, 2.75) is 6.04 Å². The minimum absolute atomic E-state index is 0.502. The number of rotatable bonds is 4. The quantitative estimate of drug-likeness (QED) is 0.861. The molecule has 0 heterocycles. The van der Waals surface area contributed by atoms with Crippen LogP contribution in [0.4, 0.5) is 5.69 Å². The zero-order chi connectivity index (χ0) is 14.5. The molecule has 2 aromatic rings. The van der Waals surface area contributed by atoms with E-state index in [1.54, 1.807) is 19.2 Å². The van der Waals surface area contributed by atoms with E-state index in [2.05, 4.69) is 27.3 Å². The van der Waals surface area contributed by atoms with Crippen molar-refractivity contribution in [1.82, 2.24) is 0 Å². The average Bonchev–Trinajstić information content (AvgIpc) is 2.46. The smallest absolute Gasteiger partial charge is 0.141 e. The molecule has 0 saturated carbocycles. The number of nitrogens with one attached hydrogen (secondary N) is 1. The minimum atomic E-state index is -0.502. The van der Waals surface area contributed by atoms with E-state index >= 15 is 0 Å². The Morgan fingerprint density at radius 1 is 1.30 bits per heavy atom. The van der Waals surface area contributed by atoms with E-state index in [0.29, 0.717) is 10.8 Å². The number of hydrogen-bond donors (Lipinski definition) is 1. The van der Waals surface area contributed by atoms with Crippen LogP contribution in [0.15, 0.2) is 46.9 Å². The van der Waals surface area contributed by atoms with Gasteiger partial charge < -0.3 is 10.1 Å². The normalized spacial score (nSPS) is 11.5. The van der Waals surface area contributed by atoms with Crippen molar-refractivity contribution in [3.05, 3.63) is 57.5 Å². The third-order valence-corrected chi connectivity index (χ3v) is 3.73. The van der Waals surface area contributed by atoms with Gasteiger partial charge in [0, 0.05) is 15.1 Å². The van der Waals surface area contributed by atoms with E-state index in [0.717, 1.165) is 15.7 Å². The van der Waals surface area contributed by atoms with Gasteiger partial charge in [-0.1, -0.05) is 45.7 Å². The second kappa shape index (κ2) is 6.65. The Balaban J connectivity index is 2.32. The first-order valence-corrected chi connectivity index (χ1v) is 7.07. The highest BCUT2D eigenvalue weighted by atomic mass is 79.9. The van der Waals surface area contributed by atoms with Crippen LogP contribution < -0.4 is 10.1 Å². The first kappa shape index (κ1) is 14.7. The Morgan fingerprint density at radius 3 is 2.70 bits per heavy atom. The number of nitrogens with zero attached hydrogens (tertiary/aromatic N) is 1. The summed E-state index contributed by atoms with van der Waals surface area (Å²) in [7, 11) is 1.60. The lowest BCUT2D eigenvalue weighted by Crippen LogP contribution is -2.10. The molecule has 1 unspecified atom stereocenters. The molecule has 0 saturated heterocycles. The van der Waals surface area contributed by atoms with Gasteiger partial charge in [-0.3, -0.25) is 0 Å². The molecule has 0 aliphatic carbocycles. The standard InChI is InChI=1S/C15H12BrClN2O/c1-20-15-5-3-2-4-13(15)19-14(9-18)11-7-6-10(17)8-12(11)16/h2-8,14,19H,1H3. The number of methoxy groups -OCH3 is 1. The fourth-order valence-corrected chi connectivity index (χ4v) is 2.75. The molecular formula is C15H12BrClN2O. The zero-order valence-electron chi connectivity index (χ0n) is 10.7. The number of ether oxygens (including phenoxy) is 1. The highest BCUT2D eigenvalue weighted by Crippen LogP contribution is 2.31. The maximum Gasteiger partial charge on any atom is 0.141 e. The SMILES string of the molecule is COc1ccccc1NC(C#N)c1ccc(Cl)cc1Br. The highest BCUT2D eigenvalue weighted by molar-refractivity contribution is 9.10. The van der Waals surface area contributed by atoms with E-state index in [1.807, 2.05) is 30.3 Å². The summed E-state index contributed by atoms with van der Waals surface area (Å²) in [6.45, 7) is 0. The molecule has 20 heavy (non-hydrogen) atoms. The Morgan fingerprint density at radius 2 is 2.05 bits per heavy atom. The Bertz CT molecular complexity index is 655. The van der Waals surface area contributed by atoms with Crippen LogP contribution in [0.3, 0.4) is 0 Å². The van der Waals surface area contributed by atoms with Gasteiger partial charge in [0.15, 0.2) is 0 Å². The molecule has 0 radical (unpaired) electrons. The summed E-state index contributed by atoms with van der Waals surface area (Å²) in [6, 6.07) is 14.6. The summed E-state index contributed by atoms with van der Waals surface area (Å²) >= 11 is 9.35. The number of anilines is 1. The van der Waals surface area contributed by atoms with Crippen molar-refractivity contribution in [2.24, 2.45) is 0 Å². The van der Waals surface area contributed by atoms with E-state index in [4.69, 9.17) is 16.3 Å². The van der Waals surface area contributed by atoms with Crippen LogP contribution in [0.2, 0.25) is 5.02 Å². The van der Waals surface area contributed by atoms with Crippen molar-refractivity contribution in [3.8, 4) is 11.8 Å². The Labute approximate surface area is 131 Å². The van der Waals surface area contributed by atoms with Gasteiger partial charge in [0.05, 0.1) is 18.9 Å². The fourth-order valence-electron chi connectivity index (χ4n) is 1.83. The molecule has 0 spiro atoms. The fraction of sp³-hybridized carbons (Fsp3) is 0.133. The molecule has 3 nitrogen and oxygen atoms in total. The molecule has 0 aromatic heterocycles. The molecular weight excluding hydrogens is 340 g/mol. The first-order chi connectivity index (χ1) is 9.65. The van der Waals surface area contributed by atoms with Gasteiger partial charge in [0.25, 0.3) is 0 Å². The van der Waals surface area contributed by atoms with Crippen LogP contribution in [-0.4, -0.2) is 7.11 Å². The van der Waals surface area contributed by atoms with Crippen molar-refractivity contribution in [1.29, 1.82) is 5.26 Å². The Hall–Kier alpha value is -1.70. The minimum Gasteiger partial charge on any atom is -0.495 e. The molecule has 5 heteroatoms. The van der Waals surface area contributed by atoms with Crippen molar-refractivity contribution in [2.75, 3.05) is 12.4 Å². The summed E-state index contributed by atoms with van der Waals surface area (Å²) < 4.78 is 6.06. The number of hydrogen-bond acceptors (Lipinski definition) is 3. The number of nitriles is 1. The van der Waals surface area contributed by atoms with E-state index in [-0.39, 0.29) is 0 Å². The molecule has 0 fully saturated rings. The maximum absolute atomic E-state index is 9.39. The molecule has 2 aromatic carbocycles. The molecule has 1 N–H and O–H groups in total. The molecule has 0 amide bonds. The van der Waals surface area contributed by atoms with Crippen molar-refractivity contribution >= 4 is 33.2 Å². The molecule has 2 rings (SSSR count). The molecule has 1 atom stereocenters. The summed E-state index contributed by atoms with van der Waals surface area (Å²) in [4.78, 5) is 0. The third-order valence-electron chi connectivity index (χ3n) is 2.81. The topological polar surface area (TPSA) is 45.0 Å². The van der Waals surface area contributed by atoms with Crippen LogP contribution in [-0.2, 0) is 0 Å². The number of benzene rings is 2. The number of halogens is 2. The summed E-state index contributed by atoms with van der Waals surface area (Å²) in [6.07, 6.45) is 0. The summed E-state index contributed by atoms with van der Waals surface area (Å²) in [5, 5.41) is 13.2. The van der Waals surface area contributed by atoms with Crippen LogP contribution >= 0.6 is 27.5 Å². The second-order valence-electron chi connectivity index (χ2n) is 4.07. The van der Waals surface area contributed by atoms with Gasteiger partial charge in [0.1, 0.15) is 11.8 Å². The van der Waals surface area contributed by atoms with Gasteiger partial charge in [-0.2, -0.15) is 5.26 Å². The first-order valence-electron chi connectivity index (χ1n) is 5.90. The predicted molar refractivity (Wildman–Crippen MR) is 84.1 cm³/mol. The van der Waals surface area contributed by atoms with Crippen LogP contribution in [0, 0.1) is 11.3 Å². The van der Waals surface area contributed by atoms with E-state index in [1.165, 1.54) is 0 Å². The molecule has 0 aliphatic rings. The van der Waals surface area contributed by atoms with E-state index in [9.17, 15) is 5.26 Å². The summed E-state index contributed by atoms with van der Waals surface area (Å²) in [5.41, 5.74) is 1.59. The van der Waals surface area contributed by atoms with Gasteiger partial charge in [-0.05, 0) is 24.3 Å². The zero-order valence-corrected chi connectivity index (χ0v) is 13.1. The predicted octanol–water partition coefficient (Wildman–Crippen LogP) is 4.79. The lowest BCUT2D eigenvalue weighted by molar-refractivity contribution is 0.416. The van der Waals surface area contributed by atoms with Crippen LogP contribution in [0.25, 0.3) is 0 Å². The third kappa shape index (κ3) is 3.24. The van der Waals surface area contributed by atoms with Gasteiger partial charge in [-0.25, -0.2) is 0 Å². The van der Waals surface area contributed by atoms with Crippen LogP contribution in [0.5, 0.6) is 5.75 Å². The number of para-hydroxylation sites is 2. The lowest BCUT2D eigenvalue weighted by atomic mass is 10.1. The van der Waals surface area contributed by atoms with Gasteiger partial charge in [-0.15, -0.1) is 0 Å². The average molecular weight is 352 g/mol. The van der Waals surface area contributed by atoms with Gasteiger partial charge >= 0.3 is 0 Å². The second-order valence-corrected chi connectivity index (χ2v) is 5.36. The molecule has 0 aliphatic heterocycles. The molecule has 0 bridgehead atoms. The summed E-state index contributed by atoms with van der Waals surface area (Å²) in [5.74, 6) is 0.692. The van der Waals surface area contributed by atoms with Crippen molar-refractivity contribution < 1.29 is 4.74 Å². The highest BCUT2D eigenvalue weighted by Gasteiger charge is 2.15. The lowest BCUT2D eigenvalue weighted by Gasteiger charge is -2.17. The largest absolute Gasteiger partial charge is 0.495 e.